The first-order chi connectivity index (χ1) is 31.4. The Hall–Kier alpha value is -2.20. The first kappa shape index (κ1) is 58.4. The molecule has 2 aliphatic heterocycles. The van der Waals surface area contributed by atoms with Crippen LogP contribution < -0.4 is 28.4 Å². The van der Waals surface area contributed by atoms with Crippen molar-refractivity contribution in [1.29, 1.82) is 0 Å². The van der Waals surface area contributed by atoms with Gasteiger partial charge in [-0.1, -0.05) is 52.2 Å². The van der Waals surface area contributed by atoms with E-state index in [1.807, 2.05) is 0 Å². The molecule has 13 N–H and O–H groups in total. The molecule has 0 saturated carbocycles. The highest BCUT2D eigenvalue weighted by Gasteiger charge is 2.45. The van der Waals surface area contributed by atoms with Gasteiger partial charge in [-0.3, -0.25) is 28.0 Å². The second-order valence-corrected chi connectivity index (χ2v) is 24.2. The number of phosphoric ester groups is 2. The van der Waals surface area contributed by atoms with E-state index in [0.29, 0.717) is 6.42 Å². The number of H-pyrrole nitrogens is 1. The van der Waals surface area contributed by atoms with E-state index in [1.54, 1.807) is 6.92 Å². The summed E-state index contributed by atoms with van der Waals surface area (Å²) in [6.45, 7) is -0.370. The fourth-order valence-corrected chi connectivity index (χ4v) is 12.9. The second kappa shape index (κ2) is 24.5. The van der Waals surface area contributed by atoms with Gasteiger partial charge >= 0.3 is 58.3 Å². The Morgan fingerprint density at radius 2 is 1.18 bits per heavy atom. The average Bonchev–Trinajstić information content (AvgIpc) is 3.77. The van der Waals surface area contributed by atoms with Crippen LogP contribution in [0.3, 0.4) is 0 Å². The van der Waals surface area contributed by atoms with E-state index in [4.69, 9.17) is 59.0 Å². The van der Waals surface area contributed by atoms with Gasteiger partial charge in [0.2, 0.25) is 0 Å². The van der Waals surface area contributed by atoms with Crippen molar-refractivity contribution in [2.24, 2.45) is 5.73 Å². The van der Waals surface area contributed by atoms with Crippen molar-refractivity contribution in [3.63, 3.8) is 0 Å². The summed E-state index contributed by atoms with van der Waals surface area (Å²) in [6.07, 6.45) is -5.46. The van der Waals surface area contributed by atoms with Gasteiger partial charge in [-0.2, -0.15) is 22.2 Å². The van der Waals surface area contributed by atoms with Gasteiger partial charge in [0.15, 0.2) is 0 Å². The number of nitrogens with zero attached hydrogens (tertiary/aromatic N) is 3. The number of aromatic nitrogens is 4. The summed E-state index contributed by atoms with van der Waals surface area (Å²) >= 11 is 0. The lowest BCUT2D eigenvalue weighted by molar-refractivity contribution is -0.0546. The normalized spacial score (nSPS) is 24.4. The van der Waals surface area contributed by atoms with Crippen LogP contribution in [-0.4, -0.2) is 114 Å². The number of nitrogens with two attached hydrogens (primary N) is 2. The van der Waals surface area contributed by atoms with Crippen LogP contribution in [0.2, 0.25) is 0 Å². The molecule has 6 unspecified atom stereocenters. The monoisotopic (exact) mass is 1130 g/mol. The van der Waals surface area contributed by atoms with Gasteiger partial charge in [-0.25, -0.2) is 37.0 Å². The number of aromatic amines is 1. The summed E-state index contributed by atoms with van der Waals surface area (Å²) in [6, 6.07) is 0. The van der Waals surface area contributed by atoms with Crippen LogP contribution in [0.4, 0.5) is 5.82 Å². The Balaban J connectivity index is 1.47. The van der Waals surface area contributed by atoms with Crippen LogP contribution in [0.5, 0.6) is 0 Å². The molecule has 4 rings (SSSR count). The smallest absolute Gasteiger partial charge is 0.382 e. The number of anilines is 1. The van der Waals surface area contributed by atoms with Crippen molar-refractivity contribution in [3.8, 4) is 23.7 Å². The van der Waals surface area contributed by atoms with Crippen molar-refractivity contribution in [3.05, 3.63) is 54.8 Å². The number of hydrogen-bond donors (Lipinski definition) is 11. The van der Waals surface area contributed by atoms with Gasteiger partial charge < -0.3 is 69.6 Å². The van der Waals surface area contributed by atoms with Crippen molar-refractivity contribution in [2.45, 2.75) is 63.1 Å². The van der Waals surface area contributed by atoms with Crippen LogP contribution in [0.15, 0.2) is 26.8 Å². The summed E-state index contributed by atoms with van der Waals surface area (Å²) in [7, 11) is -32.6. The van der Waals surface area contributed by atoms with E-state index in [9.17, 15) is 61.3 Å². The molecule has 0 amide bonds. The molecule has 2 aromatic heterocycles. The highest BCUT2D eigenvalue weighted by Crippen LogP contribution is 2.67. The summed E-state index contributed by atoms with van der Waals surface area (Å²) in [5.41, 5.74) is 8.43. The van der Waals surface area contributed by atoms with Gasteiger partial charge in [-0.05, 0) is 0 Å². The maximum absolute atomic E-state index is 12.8. The van der Waals surface area contributed by atoms with Crippen molar-refractivity contribution in [2.75, 3.05) is 37.4 Å². The van der Waals surface area contributed by atoms with Crippen LogP contribution in [-0.2, 0) is 72.6 Å². The third-order valence-electron chi connectivity index (χ3n) is 8.03. The number of hydrogen-bond acceptors (Lipinski definition) is 24. The average molecular weight is 1130 g/mol. The van der Waals surface area contributed by atoms with Crippen molar-refractivity contribution in [1.82, 2.24) is 19.1 Å². The number of phosphoric acid groups is 6. The lowest BCUT2D eigenvalue weighted by Crippen LogP contribution is -2.33. The minimum Gasteiger partial charge on any atom is -0.382 e. The molecule has 41 heteroatoms. The van der Waals surface area contributed by atoms with Gasteiger partial charge in [0.05, 0.1) is 37.5 Å². The van der Waals surface area contributed by atoms with Crippen molar-refractivity contribution < 1.29 is 112 Å². The van der Waals surface area contributed by atoms with Crippen molar-refractivity contribution >= 4 is 74.3 Å². The number of nitrogens with one attached hydrogen (secondary N) is 1. The molecule has 68 heavy (non-hydrogen) atoms. The molecule has 0 radical (unpaired) electrons. The number of nitrogen functional groups attached to an aromatic ring is 1. The SMILES string of the molecule is CCC#Cc1cn([C@H]2CC(OCSSCOC3C[C@H](n4cc(C#CCN)c(N)nc4=O)O[C@@H]3COP(=O)(O)OP(=O)(O)OP(=O)(O)O)[C@@H](COP(=O)(O)OP(=O)(O)OP(=O)(O)O)O2)c(=O)[nH]c1=O. The Kier molecular flexibility index (Phi) is 21.0. The van der Waals surface area contributed by atoms with E-state index in [2.05, 4.69) is 50.9 Å². The molecule has 2 saturated heterocycles. The zero-order chi connectivity index (χ0) is 50.9. The van der Waals surface area contributed by atoms with E-state index < -0.39 is 114 Å². The number of ether oxygens (including phenoxy) is 4. The molecule has 0 aromatic carbocycles. The van der Waals surface area contributed by atoms with Crippen LogP contribution >= 0.6 is 68.5 Å². The molecule has 0 aliphatic carbocycles. The molecule has 2 aromatic rings. The maximum Gasteiger partial charge on any atom is 0.490 e. The topological polar surface area (TPSA) is 498 Å². The van der Waals surface area contributed by atoms with E-state index >= 15 is 0 Å². The summed E-state index contributed by atoms with van der Waals surface area (Å²) in [4.78, 5) is 118. The zero-order valence-corrected chi connectivity index (χ0v) is 41.1. The molecule has 0 spiro atoms. The summed E-state index contributed by atoms with van der Waals surface area (Å²) < 4.78 is 120. The van der Waals surface area contributed by atoms with Crippen LogP contribution in [0, 0.1) is 23.7 Å². The quantitative estimate of drug-likeness (QED) is 0.0225. The summed E-state index contributed by atoms with van der Waals surface area (Å²) in [5.74, 6) is 9.61. The highest BCUT2D eigenvalue weighted by molar-refractivity contribution is 8.76. The third kappa shape index (κ3) is 19.1. The first-order valence-electron chi connectivity index (χ1n) is 18.2. The Labute approximate surface area is 388 Å². The van der Waals surface area contributed by atoms with Crippen LogP contribution in [0.1, 0.15) is 49.8 Å². The molecule has 33 nitrogen and oxygen atoms in total. The lowest BCUT2D eigenvalue weighted by atomic mass is 10.2. The standard InChI is InChI=1S/C27H40N6O27P6S2/c1-2-3-5-17-11-33(27(36)31-25(17)34)23-9-19(21(56-23)13-54-64(45,46)60-66(49,50)58-62(40,41)42)52-15-68-67-14-51-18-8-22(32-10-16(6-4-7-28)24(29)30-26(32)35)55-20(18)12-53-63(43,44)59-65(47,48)57-61(37,38)39/h10-11,18-23H,2,7-9,12-15,28H2,1H3,(H,43,44)(H,45,46)(H,47,48)(H,49,50)(H2,29,30,35)(H,31,34,36)(H2,37,38,39)(H2,40,41,42)/t18?,19?,20-,21-,22-,23-/m1/s1. The van der Waals surface area contributed by atoms with Crippen LogP contribution in [0.25, 0.3) is 0 Å². The molecular weight excluding hydrogens is 1090 g/mol. The van der Waals surface area contributed by atoms with E-state index in [1.165, 1.54) is 6.20 Å². The summed E-state index contributed by atoms with van der Waals surface area (Å²) in [5, 5.41) is 0. The predicted octanol–water partition coefficient (Wildman–Crippen LogP) is -0.224. The largest absolute Gasteiger partial charge is 0.490 e. The minimum absolute atomic E-state index is 0.0619. The molecule has 10 atom stereocenters. The predicted molar refractivity (Wildman–Crippen MR) is 229 cm³/mol. The number of rotatable bonds is 23. The molecule has 0 bridgehead atoms. The fraction of sp³-hybridized carbons (Fsp3) is 0.556. The molecule has 2 fully saturated rings. The van der Waals surface area contributed by atoms with Gasteiger partial charge in [0, 0.05) is 31.7 Å². The molecule has 4 heterocycles. The van der Waals surface area contributed by atoms with Gasteiger partial charge in [-0.15, -0.1) is 0 Å². The Morgan fingerprint density at radius 3 is 1.63 bits per heavy atom. The molecular formula is C27H40N6O27P6S2. The Bertz CT molecular complexity index is 2740. The van der Waals surface area contributed by atoms with Gasteiger partial charge in [0.1, 0.15) is 47.9 Å². The fourth-order valence-electron chi connectivity index (χ4n) is 5.54. The van der Waals surface area contributed by atoms with E-state index in [-0.39, 0.29) is 48.2 Å². The van der Waals surface area contributed by atoms with E-state index in [0.717, 1.165) is 36.9 Å². The van der Waals surface area contributed by atoms with Gasteiger partial charge in [0.25, 0.3) is 5.56 Å². The highest BCUT2D eigenvalue weighted by atomic mass is 33.1. The third-order valence-corrected chi connectivity index (χ3v) is 17.3. The minimum atomic E-state index is -5.90. The second-order valence-electron chi connectivity index (χ2n) is 13.0. The molecule has 2 aliphatic rings. The first-order valence-corrected chi connectivity index (χ1v) is 29.7. The Morgan fingerprint density at radius 1 is 0.721 bits per heavy atom. The maximum atomic E-state index is 12.8. The lowest BCUT2D eigenvalue weighted by Gasteiger charge is -2.21. The molecule has 382 valence electrons. The zero-order valence-electron chi connectivity index (χ0n) is 34.1.